The van der Waals surface area contributed by atoms with Crippen LogP contribution in [0.3, 0.4) is 0 Å². The monoisotopic (exact) mass is 224 g/mol. The van der Waals surface area contributed by atoms with Crippen LogP contribution in [0, 0.1) is 0 Å². The Balaban J connectivity index is 0. The van der Waals surface area contributed by atoms with E-state index in [0.29, 0.717) is 11.5 Å². The van der Waals surface area contributed by atoms with Gasteiger partial charge < -0.3 is 5.73 Å². The Morgan fingerprint density at radius 3 is 2.29 bits per heavy atom. The molecule has 0 rings (SSSR count). The quantitative estimate of drug-likeness (QED) is 0.532. The average Bonchev–Trinajstić information content (AvgIpc) is 2.04. The van der Waals surface area contributed by atoms with Crippen molar-refractivity contribution in [2.24, 2.45) is 5.73 Å². The number of hydroxylamine groups is 2. The summed E-state index contributed by atoms with van der Waals surface area (Å²) in [6, 6.07) is -0.891. The van der Waals surface area contributed by atoms with Crippen molar-refractivity contribution >= 4 is 24.2 Å². The standard InChI is InChI=1S/C8H16N2O3.ClH/c1-3-4-5-7(8(9)12)10(13)6(2)11;/h7,13H,3-5H2,1-2H3,(H2,9,12);1H. The SMILES string of the molecule is CCCCC(C(N)=O)N(O)C(C)=O.Cl. The van der Waals surface area contributed by atoms with Crippen LogP contribution in [-0.4, -0.2) is 28.1 Å². The molecule has 0 aliphatic heterocycles. The zero-order valence-corrected chi connectivity index (χ0v) is 9.21. The van der Waals surface area contributed by atoms with Crippen molar-refractivity contribution in [2.75, 3.05) is 0 Å². The molecule has 2 amide bonds. The average molecular weight is 225 g/mol. The van der Waals surface area contributed by atoms with Gasteiger partial charge in [-0.2, -0.15) is 0 Å². The van der Waals surface area contributed by atoms with Gasteiger partial charge in [-0.3, -0.25) is 14.8 Å². The molecule has 0 radical (unpaired) electrons. The molecule has 0 heterocycles. The van der Waals surface area contributed by atoms with E-state index in [1.807, 2.05) is 6.92 Å². The van der Waals surface area contributed by atoms with Crippen molar-refractivity contribution in [3.05, 3.63) is 0 Å². The Kier molecular flexibility index (Phi) is 8.48. The van der Waals surface area contributed by atoms with E-state index in [1.54, 1.807) is 0 Å². The molecule has 0 aromatic carbocycles. The zero-order chi connectivity index (χ0) is 10.4. The Morgan fingerprint density at radius 2 is 2.00 bits per heavy atom. The third kappa shape index (κ3) is 5.04. The van der Waals surface area contributed by atoms with Gasteiger partial charge in [-0.1, -0.05) is 19.8 Å². The van der Waals surface area contributed by atoms with Gasteiger partial charge in [-0.15, -0.1) is 12.4 Å². The number of nitrogens with zero attached hydrogens (tertiary/aromatic N) is 1. The van der Waals surface area contributed by atoms with Gasteiger partial charge in [0.25, 0.3) is 0 Å². The van der Waals surface area contributed by atoms with Crippen molar-refractivity contribution < 1.29 is 14.8 Å². The number of rotatable bonds is 5. The van der Waals surface area contributed by atoms with Crippen LogP contribution < -0.4 is 5.73 Å². The molecular weight excluding hydrogens is 208 g/mol. The van der Waals surface area contributed by atoms with Gasteiger partial charge in [0.2, 0.25) is 11.8 Å². The minimum absolute atomic E-state index is 0. The summed E-state index contributed by atoms with van der Waals surface area (Å²) in [4.78, 5) is 21.5. The molecule has 84 valence electrons. The lowest BCUT2D eigenvalue weighted by atomic mass is 10.1. The minimum atomic E-state index is -0.891. The van der Waals surface area contributed by atoms with Crippen LogP contribution in [0.1, 0.15) is 33.1 Å². The number of carbonyl (C=O) groups excluding carboxylic acids is 2. The summed E-state index contributed by atoms with van der Waals surface area (Å²) < 4.78 is 0. The molecule has 1 atom stereocenters. The van der Waals surface area contributed by atoms with Crippen molar-refractivity contribution in [3.63, 3.8) is 0 Å². The maximum absolute atomic E-state index is 10.8. The molecule has 0 spiro atoms. The highest BCUT2D eigenvalue weighted by Crippen LogP contribution is 2.06. The van der Waals surface area contributed by atoms with Crippen LogP contribution in [0.5, 0.6) is 0 Å². The normalized spacial score (nSPS) is 11.4. The zero-order valence-electron chi connectivity index (χ0n) is 8.40. The summed E-state index contributed by atoms with van der Waals surface area (Å²) in [5.41, 5.74) is 5.02. The smallest absolute Gasteiger partial charge is 0.243 e. The summed E-state index contributed by atoms with van der Waals surface area (Å²) >= 11 is 0. The van der Waals surface area contributed by atoms with Gasteiger partial charge in [0, 0.05) is 6.92 Å². The topological polar surface area (TPSA) is 83.6 Å². The molecule has 5 nitrogen and oxygen atoms in total. The van der Waals surface area contributed by atoms with E-state index in [0.717, 1.165) is 12.8 Å². The van der Waals surface area contributed by atoms with Crippen molar-refractivity contribution in [1.29, 1.82) is 0 Å². The number of amides is 2. The Labute approximate surface area is 89.6 Å². The Hall–Kier alpha value is -0.810. The Morgan fingerprint density at radius 1 is 1.50 bits per heavy atom. The fourth-order valence-electron chi connectivity index (χ4n) is 1.00. The predicted octanol–water partition coefficient (Wildman–Crippen LogP) is 0.690. The molecule has 0 saturated heterocycles. The maximum Gasteiger partial charge on any atom is 0.243 e. The number of carbonyl (C=O) groups is 2. The molecule has 0 aromatic heterocycles. The van der Waals surface area contributed by atoms with Gasteiger partial charge in [-0.25, -0.2) is 5.06 Å². The van der Waals surface area contributed by atoms with Gasteiger partial charge in [0.1, 0.15) is 6.04 Å². The van der Waals surface area contributed by atoms with E-state index in [-0.39, 0.29) is 12.4 Å². The van der Waals surface area contributed by atoms with Gasteiger partial charge >= 0.3 is 0 Å². The van der Waals surface area contributed by atoms with Crippen molar-refractivity contribution in [2.45, 2.75) is 39.2 Å². The number of nitrogens with two attached hydrogens (primary N) is 1. The van der Waals surface area contributed by atoms with Crippen LogP contribution >= 0.6 is 12.4 Å². The molecule has 3 N–H and O–H groups in total. The third-order valence-corrected chi connectivity index (χ3v) is 1.78. The lowest BCUT2D eigenvalue weighted by Gasteiger charge is -2.21. The molecule has 14 heavy (non-hydrogen) atoms. The molecule has 6 heteroatoms. The molecule has 0 bridgehead atoms. The number of unbranched alkanes of at least 4 members (excludes halogenated alkanes) is 1. The van der Waals surface area contributed by atoms with Gasteiger partial charge in [-0.05, 0) is 6.42 Å². The van der Waals surface area contributed by atoms with E-state index in [1.165, 1.54) is 6.92 Å². The molecule has 0 saturated carbocycles. The first kappa shape index (κ1) is 15.7. The van der Waals surface area contributed by atoms with Crippen molar-refractivity contribution in [3.8, 4) is 0 Å². The molecular formula is C8H17ClN2O3. The van der Waals surface area contributed by atoms with E-state index >= 15 is 0 Å². The van der Waals surface area contributed by atoms with Gasteiger partial charge in [0.15, 0.2) is 0 Å². The molecule has 0 fully saturated rings. The molecule has 0 aliphatic rings. The summed E-state index contributed by atoms with van der Waals surface area (Å²) in [5.74, 6) is -1.24. The molecule has 0 aliphatic carbocycles. The van der Waals surface area contributed by atoms with Crippen LogP contribution in [0.25, 0.3) is 0 Å². The number of hydrogen-bond acceptors (Lipinski definition) is 3. The lowest BCUT2D eigenvalue weighted by Crippen LogP contribution is -2.45. The largest absolute Gasteiger partial charge is 0.368 e. The Bertz CT molecular complexity index is 199. The van der Waals surface area contributed by atoms with Crippen LogP contribution in [0.4, 0.5) is 0 Å². The highest BCUT2D eigenvalue weighted by Gasteiger charge is 2.23. The van der Waals surface area contributed by atoms with E-state index in [2.05, 4.69) is 0 Å². The molecule has 1 unspecified atom stereocenters. The summed E-state index contributed by atoms with van der Waals surface area (Å²) in [7, 11) is 0. The predicted molar refractivity (Wildman–Crippen MR) is 54.1 cm³/mol. The fraction of sp³-hybridized carbons (Fsp3) is 0.750. The van der Waals surface area contributed by atoms with Crippen LogP contribution in [0.15, 0.2) is 0 Å². The lowest BCUT2D eigenvalue weighted by molar-refractivity contribution is -0.177. The number of hydrogen-bond donors (Lipinski definition) is 2. The second kappa shape index (κ2) is 7.58. The second-order valence-corrected chi connectivity index (χ2v) is 2.92. The minimum Gasteiger partial charge on any atom is -0.368 e. The maximum atomic E-state index is 10.8. The van der Waals surface area contributed by atoms with Crippen molar-refractivity contribution in [1.82, 2.24) is 5.06 Å². The van der Waals surface area contributed by atoms with Gasteiger partial charge in [0.05, 0.1) is 0 Å². The third-order valence-electron chi connectivity index (χ3n) is 1.78. The first-order chi connectivity index (χ1) is 6.00. The van der Waals surface area contributed by atoms with E-state index in [9.17, 15) is 9.59 Å². The number of primary amides is 1. The highest BCUT2D eigenvalue weighted by molar-refractivity contribution is 5.85. The summed E-state index contributed by atoms with van der Waals surface area (Å²) in [6.07, 6.45) is 2.04. The summed E-state index contributed by atoms with van der Waals surface area (Å²) in [6.45, 7) is 3.13. The van der Waals surface area contributed by atoms with Crippen LogP contribution in [-0.2, 0) is 9.59 Å². The second-order valence-electron chi connectivity index (χ2n) is 2.92. The summed E-state index contributed by atoms with van der Waals surface area (Å²) in [5, 5.41) is 9.57. The highest BCUT2D eigenvalue weighted by atomic mass is 35.5. The first-order valence-electron chi connectivity index (χ1n) is 4.28. The fourth-order valence-corrected chi connectivity index (χ4v) is 1.00. The molecule has 0 aromatic rings. The van der Waals surface area contributed by atoms with E-state index < -0.39 is 17.9 Å². The number of halogens is 1. The van der Waals surface area contributed by atoms with Crippen LogP contribution in [0.2, 0.25) is 0 Å². The van der Waals surface area contributed by atoms with E-state index in [4.69, 9.17) is 10.9 Å². The first-order valence-corrected chi connectivity index (χ1v) is 4.28.